The van der Waals surface area contributed by atoms with E-state index in [4.69, 9.17) is 9.47 Å². The molecule has 0 aliphatic rings. The maximum Gasteiger partial charge on any atom is 0.266 e. The first-order valence-corrected chi connectivity index (χ1v) is 10.3. The molecule has 0 aromatic heterocycles. The maximum atomic E-state index is 12.5. The summed E-state index contributed by atoms with van der Waals surface area (Å²) in [6.45, 7) is 1.99. The number of nitriles is 1. The highest BCUT2D eigenvalue weighted by Gasteiger charge is 2.12. The van der Waals surface area contributed by atoms with E-state index in [-0.39, 0.29) is 18.1 Å². The number of benzene rings is 3. The number of rotatable bonds is 9. The van der Waals surface area contributed by atoms with E-state index in [2.05, 4.69) is 10.6 Å². The molecule has 0 saturated heterocycles. The number of carbonyl (C=O) groups is 2. The van der Waals surface area contributed by atoms with Crippen LogP contribution in [0.1, 0.15) is 12.5 Å². The SMILES string of the molecule is CCOc1cc(C=C(C#N)C(=O)Nc2ccccc2)ccc1OCC(=O)Nc1ccccc1. The molecule has 33 heavy (non-hydrogen) atoms. The first kappa shape index (κ1) is 23.1. The van der Waals surface area contributed by atoms with Crippen LogP contribution in [0.25, 0.3) is 6.08 Å². The molecular weight excluding hydrogens is 418 g/mol. The van der Waals surface area contributed by atoms with Crippen molar-refractivity contribution in [1.82, 2.24) is 0 Å². The van der Waals surface area contributed by atoms with Gasteiger partial charge in [-0.3, -0.25) is 9.59 Å². The average Bonchev–Trinajstić information content (AvgIpc) is 2.83. The molecule has 3 rings (SSSR count). The summed E-state index contributed by atoms with van der Waals surface area (Å²) in [7, 11) is 0. The zero-order chi connectivity index (χ0) is 23.5. The lowest BCUT2D eigenvalue weighted by Crippen LogP contribution is -2.20. The van der Waals surface area contributed by atoms with E-state index in [1.54, 1.807) is 54.6 Å². The summed E-state index contributed by atoms with van der Waals surface area (Å²) in [5.41, 5.74) is 1.79. The van der Waals surface area contributed by atoms with Gasteiger partial charge in [0.1, 0.15) is 11.6 Å². The minimum atomic E-state index is -0.514. The maximum absolute atomic E-state index is 12.5. The Kier molecular flexibility index (Phi) is 8.21. The summed E-state index contributed by atoms with van der Waals surface area (Å²) in [5, 5.41) is 14.9. The van der Waals surface area contributed by atoms with Gasteiger partial charge < -0.3 is 20.1 Å². The van der Waals surface area contributed by atoms with Crippen molar-refractivity contribution in [3.8, 4) is 17.6 Å². The summed E-state index contributed by atoms with van der Waals surface area (Å²) in [5.74, 6) is -0.0412. The fourth-order valence-corrected chi connectivity index (χ4v) is 2.90. The molecule has 0 atom stereocenters. The van der Waals surface area contributed by atoms with Gasteiger partial charge in [0, 0.05) is 11.4 Å². The fraction of sp³-hybridized carbons (Fsp3) is 0.115. The van der Waals surface area contributed by atoms with Crippen molar-refractivity contribution in [1.29, 1.82) is 5.26 Å². The highest BCUT2D eigenvalue weighted by molar-refractivity contribution is 6.09. The van der Waals surface area contributed by atoms with E-state index in [1.807, 2.05) is 37.3 Å². The summed E-state index contributed by atoms with van der Waals surface area (Å²) in [6, 6.07) is 24.9. The van der Waals surface area contributed by atoms with E-state index in [0.29, 0.717) is 35.0 Å². The van der Waals surface area contributed by atoms with Crippen LogP contribution in [-0.2, 0) is 9.59 Å². The van der Waals surface area contributed by atoms with Crippen molar-refractivity contribution < 1.29 is 19.1 Å². The monoisotopic (exact) mass is 441 g/mol. The molecule has 0 spiro atoms. The Morgan fingerprint density at radius 3 is 2.12 bits per heavy atom. The van der Waals surface area contributed by atoms with Gasteiger partial charge in [-0.15, -0.1) is 0 Å². The number of amides is 2. The van der Waals surface area contributed by atoms with Gasteiger partial charge in [0.15, 0.2) is 18.1 Å². The molecule has 166 valence electrons. The van der Waals surface area contributed by atoms with Crippen molar-refractivity contribution in [2.24, 2.45) is 0 Å². The predicted octanol–water partition coefficient (Wildman–Crippen LogP) is 4.65. The number of hydrogen-bond donors (Lipinski definition) is 2. The first-order chi connectivity index (χ1) is 16.1. The van der Waals surface area contributed by atoms with Gasteiger partial charge in [-0.1, -0.05) is 42.5 Å². The van der Waals surface area contributed by atoms with Crippen LogP contribution < -0.4 is 20.1 Å². The Balaban J connectivity index is 1.70. The van der Waals surface area contributed by atoms with Crippen LogP contribution in [0.2, 0.25) is 0 Å². The van der Waals surface area contributed by atoms with Gasteiger partial charge in [-0.2, -0.15) is 5.26 Å². The lowest BCUT2D eigenvalue weighted by Gasteiger charge is -2.13. The molecule has 0 aliphatic carbocycles. The Morgan fingerprint density at radius 2 is 1.52 bits per heavy atom. The summed E-state index contributed by atoms with van der Waals surface area (Å²) in [6.07, 6.45) is 1.46. The molecule has 3 aromatic carbocycles. The molecular formula is C26H23N3O4. The molecule has 0 heterocycles. The normalized spacial score (nSPS) is 10.6. The zero-order valence-corrected chi connectivity index (χ0v) is 18.1. The van der Waals surface area contributed by atoms with Crippen molar-refractivity contribution in [2.75, 3.05) is 23.8 Å². The Hall–Kier alpha value is -4.57. The number of nitrogens with zero attached hydrogens (tertiary/aromatic N) is 1. The second-order valence-corrected chi connectivity index (χ2v) is 6.83. The standard InChI is InChI=1S/C26H23N3O4/c1-2-32-24-16-19(15-20(17-27)26(31)29-22-11-7-4-8-12-22)13-14-23(24)33-18-25(30)28-21-9-5-3-6-10-21/h3-16H,2,18H2,1H3,(H,28,30)(H,29,31). The van der Waals surface area contributed by atoms with Crippen molar-refractivity contribution in [3.63, 3.8) is 0 Å². The van der Waals surface area contributed by atoms with Crippen LogP contribution in [-0.4, -0.2) is 25.0 Å². The van der Waals surface area contributed by atoms with E-state index in [1.165, 1.54) is 6.08 Å². The van der Waals surface area contributed by atoms with E-state index in [9.17, 15) is 14.9 Å². The predicted molar refractivity (Wildman–Crippen MR) is 127 cm³/mol. The van der Waals surface area contributed by atoms with Crippen LogP contribution in [0.15, 0.2) is 84.4 Å². The lowest BCUT2D eigenvalue weighted by atomic mass is 10.1. The minimum absolute atomic E-state index is 0.0581. The summed E-state index contributed by atoms with van der Waals surface area (Å²) >= 11 is 0. The fourth-order valence-electron chi connectivity index (χ4n) is 2.90. The molecule has 2 amide bonds. The molecule has 0 aliphatic heterocycles. The van der Waals surface area contributed by atoms with Crippen LogP contribution in [0.4, 0.5) is 11.4 Å². The molecule has 0 saturated carbocycles. The molecule has 0 radical (unpaired) electrons. The molecule has 3 aromatic rings. The number of hydrogen-bond acceptors (Lipinski definition) is 5. The van der Waals surface area contributed by atoms with Gasteiger partial charge >= 0.3 is 0 Å². The summed E-state index contributed by atoms with van der Waals surface area (Å²) < 4.78 is 11.3. The van der Waals surface area contributed by atoms with Crippen molar-refractivity contribution in [3.05, 3.63) is 90.0 Å². The molecule has 7 heteroatoms. The van der Waals surface area contributed by atoms with Gasteiger partial charge in [-0.05, 0) is 55.0 Å². The highest BCUT2D eigenvalue weighted by atomic mass is 16.5. The Labute approximate surface area is 192 Å². The average molecular weight is 441 g/mol. The lowest BCUT2D eigenvalue weighted by molar-refractivity contribution is -0.118. The first-order valence-electron chi connectivity index (χ1n) is 10.3. The number of carbonyl (C=O) groups excluding carboxylic acids is 2. The van der Waals surface area contributed by atoms with Gasteiger partial charge in [-0.25, -0.2) is 0 Å². The highest BCUT2D eigenvalue weighted by Crippen LogP contribution is 2.29. The third-order valence-electron chi connectivity index (χ3n) is 4.39. The third-order valence-corrected chi connectivity index (χ3v) is 4.39. The van der Waals surface area contributed by atoms with Crippen LogP contribution in [0, 0.1) is 11.3 Å². The largest absolute Gasteiger partial charge is 0.490 e. The van der Waals surface area contributed by atoms with E-state index < -0.39 is 5.91 Å². The van der Waals surface area contributed by atoms with Crippen LogP contribution in [0.5, 0.6) is 11.5 Å². The molecule has 0 bridgehead atoms. The Bertz CT molecular complexity index is 1170. The van der Waals surface area contributed by atoms with Crippen molar-refractivity contribution in [2.45, 2.75) is 6.92 Å². The number of ether oxygens (including phenoxy) is 2. The topological polar surface area (TPSA) is 100 Å². The summed E-state index contributed by atoms with van der Waals surface area (Å²) in [4.78, 5) is 24.6. The van der Waals surface area contributed by atoms with Crippen LogP contribution >= 0.6 is 0 Å². The second kappa shape index (κ2) is 11.7. The zero-order valence-electron chi connectivity index (χ0n) is 18.1. The number of nitrogens with one attached hydrogen (secondary N) is 2. The van der Waals surface area contributed by atoms with E-state index >= 15 is 0 Å². The van der Waals surface area contributed by atoms with Gasteiger partial charge in [0.25, 0.3) is 11.8 Å². The van der Waals surface area contributed by atoms with Crippen molar-refractivity contribution >= 4 is 29.3 Å². The Morgan fingerprint density at radius 1 is 0.879 bits per heavy atom. The van der Waals surface area contributed by atoms with Gasteiger partial charge in [0.05, 0.1) is 6.61 Å². The molecule has 0 fully saturated rings. The molecule has 0 unspecified atom stereocenters. The quantitative estimate of drug-likeness (QED) is 0.372. The number of anilines is 2. The van der Waals surface area contributed by atoms with Crippen LogP contribution in [0.3, 0.4) is 0 Å². The van der Waals surface area contributed by atoms with Gasteiger partial charge in [0.2, 0.25) is 0 Å². The molecule has 7 nitrogen and oxygen atoms in total. The van der Waals surface area contributed by atoms with E-state index in [0.717, 1.165) is 0 Å². The number of para-hydroxylation sites is 2. The smallest absolute Gasteiger partial charge is 0.266 e. The second-order valence-electron chi connectivity index (χ2n) is 6.83. The molecule has 2 N–H and O–H groups in total. The third kappa shape index (κ3) is 6.97. The minimum Gasteiger partial charge on any atom is -0.490 e.